The minimum Gasteiger partial charge on any atom is -0.377 e. The van der Waals surface area contributed by atoms with E-state index in [1.54, 1.807) is 0 Å². The number of carbonyl (C=O) groups excluding carboxylic acids is 1. The highest BCUT2D eigenvalue weighted by Crippen LogP contribution is 2.34. The third kappa shape index (κ3) is 3.73. The Hall–Kier alpha value is -0.610. The average Bonchev–Trinajstić information content (AvgIpc) is 3.03. The Morgan fingerprint density at radius 2 is 2.00 bits per heavy atom. The molecule has 1 N–H and O–H groups in total. The lowest BCUT2D eigenvalue weighted by atomic mass is 9.81. The largest absolute Gasteiger partial charge is 0.377 e. The number of nitrogens with one attached hydrogen (secondary N) is 1. The molecule has 4 atom stereocenters. The summed E-state index contributed by atoms with van der Waals surface area (Å²) in [5.74, 6) is 0.475. The summed E-state index contributed by atoms with van der Waals surface area (Å²) in [4.78, 5) is 12.1. The summed E-state index contributed by atoms with van der Waals surface area (Å²) in [6, 6.07) is 0. The normalized spacial score (nSPS) is 34.4. The minimum absolute atomic E-state index is 0.0560. The van der Waals surface area contributed by atoms with Crippen LogP contribution in [0.1, 0.15) is 53.4 Å². The molecule has 4 nitrogen and oxygen atoms in total. The van der Waals surface area contributed by atoms with E-state index in [0.29, 0.717) is 12.5 Å². The summed E-state index contributed by atoms with van der Waals surface area (Å²) in [6.45, 7) is 10.2. The predicted octanol–water partition coefficient (Wildman–Crippen LogP) is 2.51. The molecule has 0 bridgehead atoms. The molecule has 0 aliphatic carbocycles. The van der Waals surface area contributed by atoms with E-state index < -0.39 is 0 Å². The second kappa shape index (κ2) is 6.44. The van der Waals surface area contributed by atoms with E-state index in [1.807, 2.05) is 0 Å². The number of amides is 1. The molecule has 2 saturated heterocycles. The summed E-state index contributed by atoms with van der Waals surface area (Å²) in [5.41, 5.74) is 0.128. The molecule has 20 heavy (non-hydrogen) atoms. The fraction of sp³-hybridized carbons (Fsp3) is 0.938. The molecule has 116 valence electrons. The van der Waals surface area contributed by atoms with Crippen LogP contribution in [-0.2, 0) is 14.3 Å². The highest BCUT2D eigenvalue weighted by molar-refractivity contribution is 5.81. The zero-order chi connectivity index (χ0) is 14.8. The number of carbonyl (C=O) groups is 1. The number of ether oxygens (including phenoxy) is 2. The lowest BCUT2D eigenvalue weighted by Gasteiger charge is -2.31. The van der Waals surface area contributed by atoms with E-state index in [4.69, 9.17) is 9.47 Å². The van der Waals surface area contributed by atoms with Gasteiger partial charge in [-0.1, -0.05) is 27.7 Å². The van der Waals surface area contributed by atoms with Crippen molar-refractivity contribution < 1.29 is 14.3 Å². The first-order valence-electron chi connectivity index (χ1n) is 7.96. The monoisotopic (exact) mass is 283 g/mol. The zero-order valence-electron chi connectivity index (χ0n) is 13.3. The molecule has 2 aliphatic rings. The topological polar surface area (TPSA) is 47.6 Å². The zero-order valence-corrected chi connectivity index (χ0v) is 13.3. The van der Waals surface area contributed by atoms with Crippen LogP contribution in [0, 0.1) is 11.3 Å². The SMILES string of the molecule is CC[C@@H]1CC[C@H](C(=O)NC[C@H]2CCO[C@@H]2C(C)(C)C)O1. The molecule has 0 aromatic carbocycles. The second-order valence-electron chi connectivity index (χ2n) is 7.18. The van der Waals surface area contributed by atoms with Gasteiger partial charge in [0.05, 0.1) is 12.2 Å². The van der Waals surface area contributed by atoms with E-state index in [1.165, 1.54) is 0 Å². The van der Waals surface area contributed by atoms with Crippen molar-refractivity contribution in [1.29, 1.82) is 0 Å². The van der Waals surface area contributed by atoms with Gasteiger partial charge < -0.3 is 14.8 Å². The molecular weight excluding hydrogens is 254 g/mol. The molecule has 1 amide bonds. The van der Waals surface area contributed by atoms with Gasteiger partial charge in [-0.25, -0.2) is 0 Å². The van der Waals surface area contributed by atoms with E-state index in [2.05, 4.69) is 33.0 Å². The molecule has 0 unspecified atom stereocenters. The molecule has 2 aliphatic heterocycles. The number of hydrogen-bond acceptors (Lipinski definition) is 3. The number of hydrogen-bond donors (Lipinski definition) is 1. The van der Waals surface area contributed by atoms with Crippen molar-refractivity contribution in [2.45, 2.75) is 71.7 Å². The first-order chi connectivity index (χ1) is 9.41. The Balaban J connectivity index is 1.79. The predicted molar refractivity (Wildman–Crippen MR) is 78.5 cm³/mol. The highest BCUT2D eigenvalue weighted by atomic mass is 16.5. The fourth-order valence-electron chi connectivity index (χ4n) is 3.34. The molecule has 2 rings (SSSR count). The van der Waals surface area contributed by atoms with E-state index >= 15 is 0 Å². The van der Waals surface area contributed by atoms with Gasteiger partial charge in [0.15, 0.2) is 0 Å². The molecule has 0 aromatic heterocycles. The first kappa shape index (κ1) is 15.8. The van der Waals surface area contributed by atoms with Crippen LogP contribution in [0.5, 0.6) is 0 Å². The molecule has 4 heteroatoms. The van der Waals surface area contributed by atoms with Gasteiger partial charge in [0, 0.05) is 19.1 Å². The summed E-state index contributed by atoms with van der Waals surface area (Å²) in [5, 5.41) is 3.07. The summed E-state index contributed by atoms with van der Waals surface area (Å²) in [6.07, 6.45) is 4.14. The maximum absolute atomic E-state index is 12.1. The molecule has 0 saturated carbocycles. The second-order valence-corrected chi connectivity index (χ2v) is 7.18. The molecule has 0 spiro atoms. The summed E-state index contributed by atoms with van der Waals surface area (Å²) < 4.78 is 11.6. The van der Waals surface area contributed by atoms with Gasteiger partial charge >= 0.3 is 0 Å². The van der Waals surface area contributed by atoms with Crippen LogP contribution < -0.4 is 5.32 Å². The van der Waals surface area contributed by atoms with Gasteiger partial charge in [-0.2, -0.15) is 0 Å². The van der Waals surface area contributed by atoms with Gasteiger partial charge in [-0.3, -0.25) is 4.79 Å². The van der Waals surface area contributed by atoms with Crippen molar-refractivity contribution in [3.63, 3.8) is 0 Å². The third-order valence-corrected chi connectivity index (χ3v) is 4.46. The van der Waals surface area contributed by atoms with Crippen molar-refractivity contribution in [3.8, 4) is 0 Å². The molecule has 2 heterocycles. The Bertz CT molecular complexity index is 337. The van der Waals surface area contributed by atoms with Crippen molar-refractivity contribution >= 4 is 5.91 Å². The Kier molecular flexibility index (Phi) is 5.08. The third-order valence-electron chi connectivity index (χ3n) is 4.46. The van der Waals surface area contributed by atoms with Crippen LogP contribution in [0.25, 0.3) is 0 Å². The van der Waals surface area contributed by atoms with E-state index in [-0.39, 0.29) is 29.6 Å². The lowest BCUT2D eigenvalue weighted by molar-refractivity contribution is -0.132. The van der Waals surface area contributed by atoms with Crippen molar-refractivity contribution in [2.75, 3.05) is 13.2 Å². The van der Waals surface area contributed by atoms with Gasteiger partial charge in [0.1, 0.15) is 6.10 Å². The van der Waals surface area contributed by atoms with Crippen molar-refractivity contribution in [2.24, 2.45) is 11.3 Å². The van der Waals surface area contributed by atoms with Gasteiger partial charge in [-0.15, -0.1) is 0 Å². The Morgan fingerprint density at radius 1 is 1.25 bits per heavy atom. The van der Waals surface area contributed by atoms with Crippen LogP contribution in [-0.4, -0.2) is 37.4 Å². The number of rotatable bonds is 4. The van der Waals surface area contributed by atoms with E-state index in [9.17, 15) is 4.79 Å². The Morgan fingerprint density at radius 3 is 2.60 bits per heavy atom. The van der Waals surface area contributed by atoms with Gasteiger partial charge in [0.2, 0.25) is 5.91 Å². The minimum atomic E-state index is -0.240. The molecule has 0 aromatic rings. The lowest BCUT2D eigenvalue weighted by Crippen LogP contribution is -2.42. The van der Waals surface area contributed by atoms with Crippen molar-refractivity contribution in [3.05, 3.63) is 0 Å². The maximum atomic E-state index is 12.1. The Labute approximate surface area is 122 Å². The quantitative estimate of drug-likeness (QED) is 0.862. The molecular formula is C16H29NO3. The average molecular weight is 283 g/mol. The molecule has 2 fully saturated rings. The van der Waals surface area contributed by atoms with Gasteiger partial charge in [0.25, 0.3) is 0 Å². The standard InChI is InChI=1S/C16H29NO3/c1-5-12-6-7-13(20-12)15(18)17-10-11-8-9-19-14(11)16(2,3)4/h11-14H,5-10H2,1-4H3,(H,17,18)/t11-,12-,13-,14+/m1/s1. The van der Waals surface area contributed by atoms with Gasteiger partial charge in [-0.05, 0) is 31.1 Å². The van der Waals surface area contributed by atoms with E-state index in [0.717, 1.165) is 32.3 Å². The van der Waals surface area contributed by atoms with Crippen molar-refractivity contribution in [1.82, 2.24) is 5.32 Å². The summed E-state index contributed by atoms with van der Waals surface area (Å²) >= 11 is 0. The maximum Gasteiger partial charge on any atom is 0.249 e. The summed E-state index contributed by atoms with van der Waals surface area (Å²) in [7, 11) is 0. The first-order valence-corrected chi connectivity index (χ1v) is 7.96. The van der Waals surface area contributed by atoms with Crippen LogP contribution in [0.15, 0.2) is 0 Å². The molecule has 0 radical (unpaired) electrons. The smallest absolute Gasteiger partial charge is 0.249 e. The van der Waals surface area contributed by atoms with Crippen LogP contribution in [0.2, 0.25) is 0 Å². The van der Waals surface area contributed by atoms with Crippen LogP contribution >= 0.6 is 0 Å². The highest BCUT2D eigenvalue weighted by Gasteiger charge is 2.38. The van der Waals surface area contributed by atoms with Crippen LogP contribution in [0.4, 0.5) is 0 Å². The van der Waals surface area contributed by atoms with Crippen LogP contribution in [0.3, 0.4) is 0 Å². The fourth-order valence-corrected chi connectivity index (χ4v) is 3.34.